The molecule has 0 saturated carbocycles. The molecule has 23 heavy (non-hydrogen) atoms. The minimum Gasteiger partial charge on any atom is -0.341 e. The van der Waals surface area contributed by atoms with Gasteiger partial charge >= 0.3 is 0 Å². The smallest absolute Gasteiger partial charge is 0.243 e. The van der Waals surface area contributed by atoms with E-state index in [1.54, 1.807) is 23.1 Å². The fourth-order valence-corrected chi connectivity index (χ4v) is 3.75. The van der Waals surface area contributed by atoms with Gasteiger partial charge in [0.15, 0.2) is 0 Å². The van der Waals surface area contributed by atoms with Crippen LogP contribution in [0.15, 0.2) is 22.7 Å². The number of carbonyl (C=O) groups excluding carboxylic acids is 1. The first-order valence-electron chi connectivity index (χ1n) is 7.70. The van der Waals surface area contributed by atoms with Crippen molar-refractivity contribution in [1.82, 2.24) is 4.90 Å². The number of carbonyl (C=O) groups is 1. The number of likely N-dealkylation sites (tertiary alicyclic amines) is 1. The molecule has 1 aromatic carbocycles. The molecule has 1 heterocycles. The molecule has 0 atom stereocenters. The molecule has 0 aromatic heterocycles. The van der Waals surface area contributed by atoms with Crippen LogP contribution in [0.3, 0.4) is 0 Å². The van der Waals surface area contributed by atoms with Gasteiger partial charge in [-0.25, -0.2) is 8.42 Å². The molecule has 7 heteroatoms. The average Bonchev–Trinajstić information content (AvgIpc) is 2.47. The van der Waals surface area contributed by atoms with Gasteiger partial charge in [0.05, 0.1) is 11.9 Å². The van der Waals surface area contributed by atoms with E-state index in [4.69, 9.17) is 0 Å². The summed E-state index contributed by atoms with van der Waals surface area (Å²) in [5, 5.41) is 0. The van der Waals surface area contributed by atoms with Crippen molar-refractivity contribution in [1.29, 1.82) is 0 Å². The summed E-state index contributed by atoms with van der Waals surface area (Å²) in [5.74, 6) is 0.488. The predicted octanol–water partition coefficient (Wildman–Crippen LogP) is 2.78. The Labute approximate surface area is 146 Å². The normalized spacial score (nSPS) is 16.4. The first-order valence-corrected chi connectivity index (χ1v) is 10.3. The highest BCUT2D eigenvalue weighted by molar-refractivity contribution is 9.10. The molecule has 0 unspecified atom stereocenters. The van der Waals surface area contributed by atoms with Crippen molar-refractivity contribution in [3.63, 3.8) is 0 Å². The van der Waals surface area contributed by atoms with E-state index in [9.17, 15) is 13.2 Å². The zero-order valence-electron chi connectivity index (χ0n) is 13.8. The Balaban J connectivity index is 2.19. The Bertz CT molecular complexity index is 683. The van der Waals surface area contributed by atoms with Crippen LogP contribution in [0.25, 0.3) is 0 Å². The van der Waals surface area contributed by atoms with E-state index < -0.39 is 10.0 Å². The number of halogens is 1. The third-order valence-electron chi connectivity index (χ3n) is 4.25. The van der Waals surface area contributed by atoms with Crippen LogP contribution in [0.1, 0.15) is 25.3 Å². The molecular formula is C16H23BrN2O3S. The Kier molecular flexibility index (Phi) is 5.73. The number of sulfonamides is 1. The van der Waals surface area contributed by atoms with Crippen molar-refractivity contribution >= 4 is 37.5 Å². The second kappa shape index (κ2) is 7.21. The molecule has 5 nitrogen and oxygen atoms in total. The monoisotopic (exact) mass is 402 g/mol. The molecular weight excluding hydrogens is 380 g/mol. The molecule has 1 aliphatic heterocycles. The third kappa shape index (κ3) is 4.70. The van der Waals surface area contributed by atoms with Crippen molar-refractivity contribution in [2.75, 3.05) is 30.2 Å². The summed E-state index contributed by atoms with van der Waals surface area (Å²) in [7, 11) is -3.52. The van der Waals surface area contributed by atoms with Gasteiger partial charge < -0.3 is 4.90 Å². The lowest BCUT2D eigenvalue weighted by Crippen LogP contribution is -2.45. The number of nitrogens with zero attached hydrogens (tertiary/aromatic N) is 2. The Morgan fingerprint density at radius 1 is 1.35 bits per heavy atom. The van der Waals surface area contributed by atoms with Crippen molar-refractivity contribution in [2.45, 2.75) is 26.7 Å². The fraction of sp³-hybridized carbons (Fsp3) is 0.562. The number of anilines is 1. The summed E-state index contributed by atoms with van der Waals surface area (Å²) in [5.41, 5.74) is 1.45. The van der Waals surface area contributed by atoms with Crippen LogP contribution in [0.2, 0.25) is 0 Å². The number of benzene rings is 1. The standard InChI is InChI=1S/C16H23BrN2O3S/c1-12-6-8-18(9-7-12)16(20)11-19(23(3,21)22)14-4-5-15(17)13(2)10-14/h4-5,10,12H,6-9,11H2,1-3H3. The lowest BCUT2D eigenvalue weighted by atomic mass is 9.99. The summed E-state index contributed by atoms with van der Waals surface area (Å²) in [6.45, 7) is 5.33. The van der Waals surface area contributed by atoms with Crippen LogP contribution >= 0.6 is 15.9 Å². The highest BCUT2D eigenvalue weighted by Gasteiger charge is 2.26. The van der Waals surface area contributed by atoms with Gasteiger partial charge in [0.2, 0.25) is 15.9 Å². The molecule has 1 fully saturated rings. The summed E-state index contributed by atoms with van der Waals surface area (Å²) in [6.07, 6.45) is 3.08. The van der Waals surface area contributed by atoms with E-state index in [2.05, 4.69) is 22.9 Å². The molecule has 0 aliphatic carbocycles. The van der Waals surface area contributed by atoms with Crippen molar-refractivity contribution in [2.24, 2.45) is 5.92 Å². The van der Waals surface area contributed by atoms with Gasteiger partial charge in [-0.15, -0.1) is 0 Å². The van der Waals surface area contributed by atoms with Crippen LogP contribution in [0.5, 0.6) is 0 Å². The van der Waals surface area contributed by atoms with Crippen molar-refractivity contribution in [3.8, 4) is 0 Å². The number of piperidine rings is 1. The van der Waals surface area contributed by atoms with Crippen LogP contribution in [-0.4, -0.2) is 45.1 Å². The number of amides is 1. The minimum absolute atomic E-state index is 0.136. The Morgan fingerprint density at radius 3 is 2.48 bits per heavy atom. The van der Waals surface area contributed by atoms with Gasteiger partial charge in [-0.3, -0.25) is 9.10 Å². The summed E-state index contributed by atoms with van der Waals surface area (Å²) >= 11 is 3.40. The average molecular weight is 403 g/mol. The summed E-state index contributed by atoms with van der Waals surface area (Å²) < 4.78 is 26.4. The van der Waals surface area contributed by atoms with Crippen LogP contribution < -0.4 is 4.31 Å². The topological polar surface area (TPSA) is 57.7 Å². The second-order valence-corrected chi connectivity index (χ2v) is 9.03. The van der Waals surface area contributed by atoms with Crippen LogP contribution in [-0.2, 0) is 14.8 Å². The maximum Gasteiger partial charge on any atom is 0.243 e. The Hall–Kier alpha value is -1.08. The van der Waals surface area contributed by atoms with Crippen molar-refractivity contribution in [3.05, 3.63) is 28.2 Å². The van der Waals surface area contributed by atoms with E-state index in [-0.39, 0.29) is 12.5 Å². The summed E-state index contributed by atoms with van der Waals surface area (Å²) in [4.78, 5) is 14.3. The lowest BCUT2D eigenvalue weighted by molar-refractivity contribution is -0.130. The highest BCUT2D eigenvalue weighted by Crippen LogP contribution is 2.25. The molecule has 1 aliphatic rings. The number of hydrogen-bond acceptors (Lipinski definition) is 3. The maximum absolute atomic E-state index is 12.5. The third-order valence-corrected chi connectivity index (χ3v) is 6.28. The molecule has 1 saturated heterocycles. The van der Waals surface area contributed by atoms with E-state index >= 15 is 0 Å². The number of hydrogen-bond donors (Lipinski definition) is 0. The lowest BCUT2D eigenvalue weighted by Gasteiger charge is -2.32. The fourth-order valence-electron chi connectivity index (χ4n) is 2.66. The highest BCUT2D eigenvalue weighted by atomic mass is 79.9. The van der Waals surface area contributed by atoms with Gasteiger partial charge in [-0.2, -0.15) is 0 Å². The zero-order valence-corrected chi connectivity index (χ0v) is 16.2. The molecule has 0 N–H and O–H groups in total. The quantitative estimate of drug-likeness (QED) is 0.777. The van der Waals surface area contributed by atoms with E-state index in [0.717, 1.165) is 29.1 Å². The maximum atomic E-state index is 12.5. The van der Waals surface area contributed by atoms with E-state index in [1.165, 1.54) is 4.31 Å². The van der Waals surface area contributed by atoms with E-state index in [1.807, 2.05) is 6.92 Å². The van der Waals surface area contributed by atoms with Crippen LogP contribution in [0, 0.1) is 12.8 Å². The largest absolute Gasteiger partial charge is 0.341 e. The molecule has 2 rings (SSSR count). The summed E-state index contributed by atoms with van der Waals surface area (Å²) in [6, 6.07) is 5.29. The first kappa shape index (κ1) is 18.3. The minimum atomic E-state index is -3.52. The van der Waals surface area contributed by atoms with Crippen molar-refractivity contribution < 1.29 is 13.2 Å². The molecule has 1 amide bonds. The van der Waals surface area contributed by atoms with Gasteiger partial charge in [0.1, 0.15) is 6.54 Å². The molecule has 128 valence electrons. The molecule has 0 spiro atoms. The van der Waals surface area contributed by atoms with Gasteiger partial charge in [-0.1, -0.05) is 22.9 Å². The number of aryl methyl sites for hydroxylation is 1. The Morgan fingerprint density at radius 2 is 1.96 bits per heavy atom. The predicted molar refractivity (Wildman–Crippen MR) is 96.0 cm³/mol. The second-order valence-electron chi connectivity index (χ2n) is 6.27. The van der Waals surface area contributed by atoms with Gasteiger partial charge in [-0.05, 0) is 49.4 Å². The zero-order chi connectivity index (χ0) is 17.2. The SMILES string of the molecule is Cc1cc(N(CC(=O)N2CCC(C)CC2)S(C)(=O)=O)ccc1Br. The number of rotatable bonds is 4. The van der Waals surface area contributed by atoms with Gasteiger partial charge in [0.25, 0.3) is 0 Å². The van der Waals surface area contributed by atoms with E-state index in [0.29, 0.717) is 24.7 Å². The molecule has 1 aromatic rings. The van der Waals surface area contributed by atoms with Gasteiger partial charge in [0, 0.05) is 17.6 Å². The molecule has 0 radical (unpaired) electrons. The molecule has 0 bridgehead atoms. The van der Waals surface area contributed by atoms with Crippen LogP contribution in [0.4, 0.5) is 5.69 Å². The first-order chi connectivity index (χ1) is 10.7.